The topological polar surface area (TPSA) is 19.6 Å². The molecule has 64 heavy (non-hydrogen) atoms. The van der Waals surface area contributed by atoms with Crippen LogP contribution >= 0.6 is 0 Å². The van der Waals surface area contributed by atoms with Crippen molar-refractivity contribution < 1.29 is 4.42 Å². The summed E-state index contributed by atoms with van der Waals surface area (Å²) in [5.41, 5.74) is 15.9. The summed E-state index contributed by atoms with van der Waals surface area (Å²) in [5, 5.41) is 7.83. The predicted molar refractivity (Wildman–Crippen MR) is 274 cm³/mol. The Hall–Kier alpha value is -7.92. The number of benzene rings is 10. The third-order valence-electron chi connectivity index (χ3n) is 13.3. The normalized spacial score (nSPS) is 12.7. The van der Waals surface area contributed by atoms with E-state index in [0.717, 1.165) is 50.4 Å². The van der Waals surface area contributed by atoms with Gasteiger partial charge in [0.2, 0.25) is 0 Å². The van der Waals surface area contributed by atoms with E-state index in [4.69, 9.17) is 4.42 Å². The summed E-state index contributed by atoms with van der Waals surface area (Å²) >= 11 is 0. The molecule has 0 bridgehead atoms. The van der Waals surface area contributed by atoms with Crippen LogP contribution in [-0.2, 0) is 0 Å². The second-order valence-corrected chi connectivity index (χ2v) is 21.6. The first-order chi connectivity index (χ1) is 31.5. The molecule has 304 valence electrons. The summed E-state index contributed by atoms with van der Waals surface area (Å²) in [5.74, 6) is 0. The number of nitrogens with zero attached hydrogens (tertiary/aromatic N) is 2. The first kappa shape index (κ1) is 37.8. The molecule has 2 heterocycles. The summed E-state index contributed by atoms with van der Waals surface area (Å²) in [7, 11) is -2.20. The lowest BCUT2D eigenvalue weighted by atomic mass is 9.93. The number of fused-ring (bicyclic) bond motifs is 5. The molecule has 0 unspecified atom stereocenters. The zero-order chi connectivity index (χ0) is 42.8. The van der Waals surface area contributed by atoms with Gasteiger partial charge < -0.3 is 14.2 Å². The predicted octanol–water partition coefficient (Wildman–Crippen LogP) is 15.8. The molecule has 0 N–H and O–H groups in total. The van der Waals surface area contributed by atoms with Crippen molar-refractivity contribution in [3.05, 3.63) is 231 Å². The van der Waals surface area contributed by atoms with Gasteiger partial charge in [-0.05, 0) is 104 Å². The summed E-state index contributed by atoms with van der Waals surface area (Å²) in [6.07, 6.45) is 0. The quantitative estimate of drug-likeness (QED) is 0.142. The van der Waals surface area contributed by atoms with Crippen LogP contribution in [0.5, 0.6) is 0 Å². The molecule has 0 saturated carbocycles. The largest absolute Gasteiger partial charge is 0.454 e. The smallest absolute Gasteiger partial charge is 0.159 e. The highest BCUT2D eigenvalue weighted by Gasteiger charge is 2.36. The Morgan fingerprint density at radius 3 is 1.70 bits per heavy atom. The third-order valence-corrected chi connectivity index (χ3v) is 16.8. The van der Waals surface area contributed by atoms with Gasteiger partial charge in [-0.2, -0.15) is 0 Å². The zero-order valence-electron chi connectivity index (χ0n) is 35.7. The summed E-state index contributed by atoms with van der Waals surface area (Å²) in [6.45, 7) is 5.05. The lowest BCUT2D eigenvalue weighted by molar-refractivity contribution is 0.669. The third kappa shape index (κ3) is 6.10. The molecule has 4 heteroatoms. The van der Waals surface area contributed by atoms with Gasteiger partial charge in [0, 0.05) is 38.8 Å². The van der Waals surface area contributed by atoms with Crippen LogP contribution < -0.4 is 20.2 Å². The maximum Gasteiger partial charge on any atom is 0.159 e. The monoisotopic (exact) mass is 836 g/mol. The molecule has 0 saturated heterocycles. The van der Waals surface area contributed by atoms with E-state index in [-0.39, 0.29) is 0 Å². The van der Waals surface area contributed by atoms with E-state index in [1.54, 1.807) is 0 Å². The summed E-state index contributed by atoms with van der Waals surface area (Å²) < 4.78 is 6.56. The highest BCUT2D eigenvalue weighted by Crippen LogP contribution is 2.47. The number of para-hydroxylation sites is 5. The number of hydrogen-bond donors (Lipinski definition) is 0. The van der Waals surface area contributed by atoms with Crippen LogP contribution in [0.25, 0.3) is 66.1 Å². The van der Waals surface area contributed by atoms with Crippen LogP contribution in [0.15, 0.2) is 235 Å². The van der Waals surface area contributed by atoms with Crippen molar-refractivity contribution in [3.63, 3.8) is 0 Å². The molecule has 0 radical (unpaired) electrons. The van der Waals surface area contributed by atoms with Crippen LogP contribution in [0.3, 0.4) is 0 Å². The fourth-order valence-electron chi connectivity index (χ4n) is 10.2. The van der Waals surface area contributed by atoms with Crippen molar-refractivity contribution in [1.29, 1.82) is 0 Å². The molecule has 0 aliphatic carbocycles. The van der Waals surface area contributed by atoms with Crippen molar-refractivity contribution in [1.82, 2.24) is 0 Å². The van der Waals surface area contributed by atoms with E-state index in [1.165, 1.54) is 60.2 Å². The van der Waals surface area contributed by atoms with Gasteiger partial charge in [-0.3, -0.25) is 0 Å². The fourth-order valence-corrected chi connectivity index (χ4v) is 13.3. The summed E-state index contributed by atoms with van der Waals surface area (Å²) in [4.78, 5) is 4.76. The molecule has 0 atom stereocenters. The molecule has 0 fully saturated rings. The Kier molecular flexibility index (Phi) is 8.96. The minimum absolute atomic E-state index is 0.880. The summed E-state index contributed by atoms with van der Waals surface area (Å²) in [6, 6.07) is 83.6. The Labute approximate surface area is 374 Å². The second kappa shape index (κ2) is 15.2. The molecule has 10 aromatic carbocycles. The molecule has 3 nitrogen and oxygen atoms in total. The standard InChI is InChI=1S/C60H44N2OSi/c1-64(2)57-31-17-27-52-54(62(45-22-10-5-11-23-45)53-28-14-12-24-47(53)42-18-6-3-7-19-42)39-38-50(59(52)57)49-37-34-43(40-58(49)64)41-32-35-46(36-33-41)61(44-20-8-4-9-21-44)55-29-16-26-51-48-25-13-15-30-56(48)63-60(51)55/h3-40H,1-2H3. The molecular weight excluding hydrogens is 793 g/mol. The van der Waals surface area contributed by atoms with Crippen LogP contribution in [0.2, 0.25) is 13.1 Å². The average Bonchev–Trinajstić information content (AvgIpc) is 3.74. The molecule has 0 spiro atoms. The highest BCUT2D eigenvalue weighted by molar-refractivity contribution is 7.03. The van der Waals surface area contributed by atoms with Crippen LogP contribution in [0.1, 0.15) is 0 Å². The second-order valence-electron chi connectivity index (χ2n) is 17.3. The van der Waals surface area contributed by atoms with Gasteiger partial charge in [0.05, 0.1) is 17.1 Å². The first-order valence-electron chi connectivity index (χ1n) is 22.1. The van der Waals surface area contributed by atoms with Crippen molar-refractivity contribution in [2.75, 3.05) is 9.80 Å². The van der Waals surface area contributed by atoms with E-state index in [1.807, 2.05) is 12.1 Å². The average molecular weight is 837 g/mol. The number of hydrogen-bond acceptors (Lipinski definition) is 3. The minimum atomic E-state index is -2.20. The Morgan fingerprint density at radius 1 is 0.344 bits per heavy atom. The molecule has 1 aromatic heterocycles. The van der Waals surface area contributed by atoms with Crippen molar-refractivity contribution in [3.8, 4) is 33.4 Å². The van der Waals surface area contributed by atoms with Crippen LogP contribution in [-0.4, -0.2) is 8.07 Å². The zero-order valence-corrected chi connectivity index (χ0v) is 36.7. The van der Waals surface area contributed by atoms with Crippen molar-refractivity contribution in [2.45, 2.75) is 13.1 Å². The van der Waals surface area contributed by atoms with Gasteiger partial charge in [-0.25, -0.2) is 0 Å². The molecule has 0 amide bonds. The Bertz CT molecular complexity index is 3520. The van der Waals surface area contributed by atoms with Crippen molar-refractivity contribution >= 4 is 85.3 Å². The fraction of sp³-hybridized carbons (Fsp3) is 0.0333. The van der Waals surface area contributed by atoms with E-state index in [9.17, 15) is 0 Å². The number of rotatable bonds is 8. The van der Waals surface area contributed by atoms with Gasteiger partial charge in [-0.1, -0.05) is 183 Å². The maximum absolute atomic E-state index is 6.56. The van der Waals surface area contributed by atoms with Gasteiger partial charge in [-0.15, -0.1) is 0 Å². The van der Waals surface area contributed by atoms with Gasteiger partial charge in [0.15, 0.2) is 5.58 Å². The van der Waals surface area contributed by atoms with E-state index in [2.05, 4.69) is 241 Å². The molecule has 1 aliphatic rings. The van der Waals surface area contributed by atoms with Gasteiger partial charge in [0.1, 0.15) is 13.7 Å². The highest BCUT2D eigenvalue weighted by atomic mass is 28.3. The number of anilines is 6. The lowest BCUT2D eigenvalue weighted by Crippen LogP contribution is -2.55. The molecular formula is C60H44N2OSi. The van der Waals surface area contributed by atoms with E-state index >= 15 is 0 Å². The Morgan fingerprint density at radius 2 is 0.922 bits per heavy atom. The first-order valence-corrected chi connectivity index (χ1v) is 25.1. The molecule has 12 rings (SSSR count). The lowest BCUT2D eigenvalue weighted by Gasteiger charge is -2.36. The minimum Gasteiger partial charge on any atom is -0.454 e. The van der Waals surface area contributed by atoms with Crippen molar-refractivity contribution in [2.24, 2.45) is 0 Å². The molecule has 1 aliphatic heterocycles. The SMILES string of the molecule is C[Si]1(C)c2cc(-c3ccc(N(c4ccccc4)c4cccc5c4oc4ccccc45)cc3)ccc2-c2ccc(N(c3ccccc3)c3ccccc3-c3ccccc3)c3cccc1c23. The van der Waals surface area contributed by atoms with E-state index in [0.29, 0.717) is 0 Å². The molecule has 11 aromatic rings. The van der Waals surface area contributed by atoms with Crippen LogP contribution in [0.4, 0.5) is 34.1 Å². The maximum atomic E-state index is 6.56. The van der Waals surface area contributed by atoms with Gasteiger partial charge >= 0.3 is 0 Å². The van der Waals surface area contributed by atoms with E-state index < -0.39 is 8.07 Å². The number of furan rings is 1. The van der Waals surface area contributed by atoms with Crippen LogP contribution in [0, 0.1) is 0 Å². The van der Waals surface area contributed by atoms with Gasteiger partial charge in [0.25, 0.3) is 0 Å². The Balaban J connectivity index is 0.957.